The van der Waals surface area contributed by atoms with E-state index < -0.39 is 9.96 Å². The van der Waals surface area contributed by atoms with Gasteiger partial charge in [-0.1, -0.05) is 65.1 Å². The first-order chi connectivity index (χ1) is 9.08. The summed E-state index contributed by atoms with van der Waals surface area (Å²) in [7, 11) is 0. The molecule has 0 aromatic heterocycles. The van der Waals surface area contributed by atoms with Crippen LogP contribution in [0.15, 0.2) is 30.3 Å². The van der Waals surface area contributed by atoms with Gasteiger partial charge in [0.1, 0.15) is 0 Å². The van der Waals surface area contributed by atoms with Crippen LogP contribution < -0.4 is 10.6 Å². The maximum atomic E-state index is 12.0. The van der Waals surface area contributed by atoms with E-state index in [4.69, 9.17) is 34.8 Å². The highest BCUT2D eigenvalue weighted by molar-refractivity contribution is 6.68. The van der Waals surface area contributed by atoms with Crippen LogP contribution in [0.3, 0.4) is 0 Å². The largest absolute Gasteiger partial charge is 0.319 e. The first kappa shape index (κ1) is 17.6. The van der Waals surface area contributed by atoms with Crippen molar-refractivity contribution in [2.45, 2.75) is 42.7 Å². The zero-order valence-corrected chi connectivity index (χ0v) is 14.1. The summed E-state index contributed by atoms with van der Waals surface area (Å²) < 4.78 is -1.57. The summed E-state index contributed by atoms with van der Waals surface area (Å²) in [5.74, 6) is -0.173. The zero-order chi connectivity index (χ0) is 15.4. The van der Waals surface area contributed by atoms with Crippen LogP contribution in [0.5, 0.6) is 0 Å². The van der Waals surface area contributed by atoms with Crippen LogP contribution in [0.1, 0.15) is 26.3 Å². The fourth-order valence-corrected chi connectivity index (χ4v) is 2.08. The first-order valence-electron chi connectivity index (χ1n) is 6.34. The van der Waals surface area contributed by atoms with E-state index in [1.807, 2.05) is 56.4 Å². The highest BCUT2D eigenvalue weighted by atomic mass is 35.6. The Morgan fingerprint density at radius 3 is 2.20 bits per heavy atom. The molecule has 20 heavy (non-hydrogen) atoms. The molecule has 0 spiro atoms. The predicted molar refractivity (Wildman–Crippen MR) is 84.0 cm³/mol. The Hall–Kier alpha value is -0.480. The average molecular weight is 339 g/mol. The minimum absolute atomic E-state index is 0.172. The Morgan fingerprint density at radius 2 is 1.75 bits per heavy atom. The normalized spacial score (nSPS) is 13.9. The van der Waals surface area contributed by atoms with Gasteiger partial charge in [0.25, 0.3) is 3.79 Å². The number of amides is 1. The van der Waals surface area contributed by atoms with Crippen LogP contribution in [-0.4, -0.2) is 21.4 Å². The predicted octanol–water partition coefficient (Wildman–Crippen LogP) is 2.40. The number of benzene rings is 1. The molecule has 0 aliphatic rings. The lowest BCUT2D eigenvalue weighted by Crippen LogP contribution is -3.03. The van der Waals surface area contributed by atoms with Gasteiger partial charge in [-0.2, -0.15) is 0 Å². The summed E-state index contributed by atoms with van der Waals surface area (Å²) in [4.78, 5) is 12.0. The van der Waals surface area contributed by atoms with Gasteiger partial charge in [0.05, 0.1) is 12.0 Å². The van der Waals surface area contributed by atoms with Gasteiger partial charge < -0.3 is 10.6 Å². The number of hydrogen-bond acceptors (Lipinski definition) is 1. The fraction of sp³-hybridized carbons (Fsp3) is 0.500. The molecule has 1 aromatic carbocycles. The average Bonchev–Trinajstić information content (AvgIpc) is 2.26. The molecule has 0 aliphatic carbocycles. The Bertz CT molecular complexity index is 438. The van der Waals surface area contributed by atoms with Gasteiger partial charge in [-0.05, 0) is 26.3 Å². The van der Waals surface area contributed by atoms with E-state index >= 15 is 0 Å². The number of quaternary nitrogens is 1. The number of carbonyl (C=O) groups excluding carboxylic acids is 1. The van der Waals surface area contributed by atoms with Crippen molar-refractivity contribution in [1.82, 2.24) is 5.32 Å². The van der Waals surface area contributed by atoms with Crippen LogP contribution in [0, 0.1) is 0 Å². The summed E-state index contributed by atoms with van der Waals surface area (Å²) in [6.45, 7) is 5.96. The lowest BCUT2D eigenvalue weighted by atomic mass is 10.1. The van der Waals surface area contributed by atoms with E-state index in [-0.39, 0.29) is 17.9 Å². The molecule has 1 rings (SSSR count). The van der Waals surface area contributed by atoms with Crippen molar-refractivity contribution in [2.75, 3.05) is 0 Å². The quantitative estimate of drug-likeness (QED) is 0.643. The van der Waals surface area contributed by atoms with Crippen LogP contribution in [0.25, 0.3) is 0 Å². The molecule has 0 saturated carbocycles. The van der Waals surface area contributed by atoms with Gasteiger partial charge in [-0.25, -0.2) is 0 Å². The van der Waals surface area contributed by atoms with Gasteiger partial charge in [0.2, 0.25) is 12.1 Å². The first-order valence-corrected chi connectivity index (χ1v) is 7.47. The molecular weight excluding hydrogens is 319 g/mol. The third-order valence-electron chi connectivity index (χ3n) is 2.54. The van der Waals surface area contributed by atoms with E-state index in [9.17, 15) is 4.79 Å². The SMILES string of the molecule is CC(C)(C)[NH2+][C@H](NC(=O)Cc1ccccc1)C(Cl)(Cl)Cl. The zero-order valence-electron chi connectivity index (χ0n) is 11.8. The van der Waals surface area contributed by atoms with Crippen LogP contribution in [0.2, 0.25) is 0 Å². The second-order valence-corrected chi connectivity index (χ2v) is 8.15. The number of rotatable bonds is 4. The maximum absolute atomic E-state index is 12.0. The van der Waals surface area contributed by atoms with Crippen molar-refractivity contribution >= 4 is 40.7 Å². The van der Waals surface area contributed by atoms with E-state index in [1.54, 1.807) is 0 Å². The number of nitrogens with one attached hydrogen (secondary N) is 1. The molecule has 0 fully saturated rings. The van der Waals surface area contributed by atoms with Crippen molar-refractivity contribution in [3.05, 3.63) is 35.9 Å². The van der Waals surface area contributed by atoms with Crippen molar-refractivity contribution in [1.29, 1.82) is 0 Å². The molecule has 0 aliphatic heterocycles. The monoisotopic (exact) mass is 337 g/mol. The minimum Gasteiger partial charge on any atom is -0.319 e. The molecule has 6 heteroatoms. The maximum Gasteiger partial charge on any atom is 0.262 e. The van der Waals surface area contributed by atoms with E-state index in [1.165, 1.54) is 0 Å². The molecule has 1 amide bonds. The van der Waals surface area contributed by atoms with Crippen molar-refractivity contribution in [3.63, 3.8) is 0 Å². The molecular formula is C14H20Cl3N2O+. The van der Waals surface area contributed by atoms with Gasteiger partial charge in [0.15, 0.2) is 0 Å². The van der Waals surface area contributed by atoms with Gasteiger partial charge in [0, 0.05) is 0 Å². The highest BCUT2D eigenvalue weighted by Crippen LogP contribution is 2.27. The van der Waals surface area contributed by atoms with Gasteiger partial charge >= 0.3 is 0 Å². The molecule has 3 N–H and O–H groups in total. The topological polar surface area (TPSA) is 45.7 Å². The van der Waals surface area contributed by atoms with Crippen molar-refractivity contribution in [3.8, 4) is 0 Å². The number of halogens is 3. The molecule has 112 valence electrons. The van der Waals surface area contributed by atoms with Gasteiger partial charge in [-0.3, -0.25) is 4.79 Å². The Morgan fingerprint density at radius 1 is 1.20 bits per heavy atom. The molecule has 0 unspecified atom stereocenters. The Kier molecular flexibility index (Phi) is 6.14. The molecule has 0 radical (unpaired) electrons. The second kappa shape index (κ2) is 6.99. The number of hydrogen-bond donors (Lipinski definition) is 2. The fourth-order valence-electron chi connectivity index (χ4n) is 1.72. The Labute approximate surface area is 135 Å². The van der Waals surface area contributed by atoms with E-state index in [0.717, 1.165) is 5.56 Å². The van der Waals surface area contributed by atoms with Gasteiger partial charge in [-0.15, -0.1) is 0 Å². The highest BCUT2D eigenvalue weighted by Gasteiger charge is 2.40. The van der Waals surface area contributed by atoms with Crippen LogP contribution in [-0.2, 0) is 11.2 Å². The van der Waals surface area contributed by atoms with Crippen molar-refractivity contribution < 1.29 is 10.1 Å². The number of nitrogens with two attached hydrogens (primary N) is 1. The molecule has 1 atom stereocenters. The lowest BCUT2D eigenvalue weighted by Gasteiger charge is -2.29. The Balaban J connectivity index is 2.68. The minimum atomic E-state index is -1.57. The standard InChI is InChI=1S/C14H19Cl3N2O/c1-13(2,3)19-12(14(15,16)17)18-11(20)9-10-7-5-4-6-8-10/h4-8,12,19H,9H2,1-3H3,(H,18,20)/p+1/t12-/m0/s1. The summed E-state index contributed by atoms with van der Waals surface area (Å²) in [6.07, 6.45) is -0.375. The summed E-state index contributed by atoms with van der Waals surface area (Å²) >= 11 is 17.8. The third-order valence-corrected chi connectivity index (χ3v) is 3.25. The van der Waals surface area contributed by atoms with Crippen LogP contribution in [0.4, 0.5) is 0 Å². The van der Waals surface area contributed by atoms with E-state index in [0.29, 0.717) is 0 Å². The van der Waals surface area contributed by atoms with Crippen LogP contribution >= 0.6 is 34.8 Å². The second-order valence-electron chi connectivity index (χ2n) is 5.78. The smallest absolute Gasteiger partial charge is 0.262 e. The number of alkyl halides is 3. The van der Waals surface area contributed by atoms with E-state index in [2.05, 4.69) is 5.32 Å². The molecule has 1 aromatic rings. The molecule has 0 bridgehead atoms. The lowest BCUT2D eigenvalue weighted by molar-refractivity contribution is -0.749. The summed E-state index contributed by atoms with van der Waals surface area (Å²) in [5.41, 5.74) is 0.748. The molecule has 0 heterocycles. The summed E-state index contributed by atoms with van der Waals surface area (Å²) in [5, 5.41) is 4.61. The molecule has 3 nitrogen and oxygen atoms in total. The summed E-state index contributed by atoms with van der Waals surface area (Å²) in [6, 6.07) is 9.44. The third kappa shape index (κ3) is 6.80. The molecule has 0 saturated heterocycles. The van der Waals surface area contributed by atoms with Crippen molar-refractivity contribution in [2.24, 2.45) is 0 Å². The number of carbonyl (C=O) groups is 1.